The Labute approximate surface area is 238 Å². The van der Waals surface area contributed by atoms with Crippen molar-refractivity contribution < 1.29 is 14.3 Å². The summed E-state index contributed by atoms with van der Waals surface area (Å²) in [7, 11) is 0. The summed E-state index contributed by atoms with van der Waals surface area (Å²) >= 11 is 8.83. The molecule has 0 radical (unpaired) electrons. The average Bonchev–Trinajstić information content (AvgIpc) is 3.43. The fourth-order valence-electron chi connectivity index (χ4n) is 3.51. The number of pyridine rings is 1. The number of rotatable bonds is 10. The van der Waals surface area contributed by atoms with E-state index in [0.29, 0.717) is 32.7 Å². The molecule has 0 bridgehead atoms. The monoisotopic (exact) mass is 576 g/mol. The lowest BCUT2D eigenvalue weighted by atomic mass is 10.00. The van der Waals surface area contributed by atoms with Crippen LogP contribution in [0.5, 0.6) is 5.75 Å². The van der Waals surface area contributed by atoms with Gasteiger partial charge in [0.1, 0.15) is 40.9 Å². The largest absolute Gasteiger partial charge is 0.490 e. The maximum atomic E-state index is 11.1. The van der Waals surface area contributed by atoms with Gasteiger partial charge in [0, 0.05) is 27.3 Å². The van der Waals surface area contributed by atoms with E-state index in [2.05, 4.69) is 20.9 Å². The number of nitrogens with two attached hydrogens (primary N) is 2. The number of hydrogen-bond donors (Lipinski definition) is 2. The number of benzene rings is 2. The first-order valence-corrected chi connectivity index (χ1v) is 13.7. The number of carbonyl (C=O) groups is 1. The standard InChI is InChI=1S/C27H21ClN6O3S2/c1-32-24-23(16-4-8-20(9-5-16)36-10-11-37-22(35)13-30)21(12-29)27(34-25(24)31)39-15-19-14-38-26(33-19)17-2-6-18(28)7-3-17/h2-9,14H,10-11,13,15,30H2,(H2,31,34). The molecule has 0 fully saturated rings. The highest BCUT2D eigenvalue weighted by Gasteiger charge is 2.21. The molecule has 2 aromatic heterocycles. The molecule has 196 valence electrons. The van der Waals surface area contributed by atoms with Crippen molar-refractivity contribution in [2.75, 3.05) is 25.5 Å². The van der Waals surface area contributed by atoms with Crippen LogP contribution in [0.15, 0.2) is 58.9 Å². The molecule has 0 aliphatic carbocycles. The molecule has 2 heterocycles. The number of nitriles is 1. The third kappa shape index (κ3) is 6.85. The van der Waals surface area contributed by atoms with Gasteiger partial charge >= 0.3 is 5.97 Å². The van der Waals surface area contributed by atoms with Crippen LogP contribution in [-0.4, -0.2) is 35.7 Å². The zero-order valence-corrected chi connectivity index (χ0v) is 22.8. The van der Waals surface area contributed by atoms with Gasteiger partial charge in [-0.05, 0) is 29.8 Å². The van der Waals surface area contributed by atoms with E-state index >= 15 is 0 Å². The highest BCUT2D eigenvalue weighted by Crippen LogP contribution is 2.42. The molecule has 4 aromatic rings. The van der Waals surface area contributed by atoms with Crippen molar-refractivity contribution in [3.63, 3.8) is 0 Å². The predicted octanol–water partition coefficient (Wildman–Crippen LogP) is 5.70. The zero-order chi connectivity index (χ0) is 27.8. The van der Waals surface area contributed by atoms with Crippen LogP contribution in [0.4, 0.5) is 11.5 Å². The van der Waals surface area contributed by atoms with E-state index < -0.39 is 5.97 Å². The van der Waals surface area contributed by atoms with Crippen LogP contribution in [0.25, 0.3) is 26.5 Å². The Balaban J connectivity index is 1.54. The molecule has 0 atom stereocenters. The van der Waals surface area contributed by atoms with E-state index in [1.807, 2.05) is 29.6 Å². The third-order valence-corrected chi connectivity index (χ3v) is 7.51. The first-order valence-electron chi connectivity index (χ1n) is 11.5. The van der Waals surface area contributed by atoms with E-state index in [-0.39, 0.29) is 36.8 Å². The number of nitrogen functional groups attached to an aromatic ring is 1. The molecule has 0 saturated carbocycles. The lowest BCUT2D eigenvalue weighted by molar-refractivity contribution is -0.142. The maximum Gasteiger partial charge on any atom is 0.319 e. The molecule has 9 nitrogen and oxygen atoms in total. The van der Waals surface area contributed by atoms with Crippen molar-refractivity contribution in [2.24, 2.45) is 5.73 Å². The van der Waals surface area contributed by atoms with E-state index in [0.717, 1.165) is 16.3 Å². The molecule has 0 spiro atoms. The molecule has 0 saturated heterocycles. The van der Waals surface area contributed by atoms with Gasteiger partial charge in [-0.25, -0.2) is 14.8 Å². The Kier molecular flexibility index (Phi) is 9.36. The molecule has 0 amide bonds. The zero-order valence-electron chi connectivity index (χ0n) is 20.4. The van der Waals surface area contributed by atoms with Gasteiger partial charge < -0.3 is 20.9 Å². The summed E-state index contributed by atoms with van der Waals surface area (Å²) in [6.07, 6.45) is 0. The molecule has 12 heteroatoms. The van der Waals surface area contributed by atoms with E-state index in [9.17, 15) is 10.1 Å². The van der Waals surface area contributed by atoms with Gasteiger partial charge in [0.05, 0.1) is 24.4 Å². The van der Waals surface area contributed by atoms with Gasteiger partial charge in [-0.3, -0.25) is 4.79 Å². The number of nitrogens with zero attached hydrogens (tertiary/aromatic N) is 4. The molecular formula is C27H21ClN6O3S2. The second kappa shape index (κ2) is 13.1. The van der Waals surface area contributed by atoms with Crippen molar-refractivity contribution in [3.8, 4) is 33.5 Å². The fourth-order valence-corrected chi connectivity index (χ4v) is 5.45. The minimum Gasteiger partial charge on any atom is -0.490 e. The molecule has 0 aliphatic rings. The number of ether oxygens (including phenoxy) is 2. The quantitative estimate of drug-likeness (QED) is 0.105. The van der Waals surface area contributed by atoms with Gasteiger partial charge in [0.2, 0.25) is 5.69 Å². The first kappa shape index (κ1) is 27.9. The molecule has 39 heavy (non-hydrogen) atoms. The number of halogens is 1. The van der Waals surface area contributed by atoms with Gasteiger partial charge in [-0.2, -0.15) is 5.26 Å². The van der Waals surface area contributed by atoms with E-state index in [1.54, 1.807) is 24.3 Å². The summed E-state index contributed by atoms with van der Waals surface area (Å²) in [5.41, 5.74) is 14.5. The second-order valence-electron chi connectivity index (χ2n) is 7.86. The van der Waals surface area contributed by atoms with Crippen molar-refractivity contribution in [1.82, 2.24) is 9.97 Å². The highest BCUT2D eigenvalue weighted by molar-refractivity contribution is 7.98. The Bertz CT molecular complexity index is 1560. The minimum absolute atomic E-state index is 0.0451. The predicted molar refractivity (Wildman–Crippen MR) is 153 cm³/mol. The summed E-state index contributed by atoms with van der Waals surface area (Å²) in [5.74, 6) is 0.528. The topological polar surface area (TPSA) is 142 Å². The summed E-state index contributed by atoms with van der Waals surface area (Å²) in [5, 5.41) is 14.0. The van der Waals surface area contributed by atoms with Crippen molar-refractivity contribution in [3.05, 3.63) is 81.6 Å². The van der Waals surface area contributed by atoms with Gasteiger partial charge in [0.25, 0.3) is 0 Å². The Morgan fingerprint density at radius 3 is 2.51 bits per heavy atom. The molecule has 2 aromatic carbocycles. The first-order chi connectivity index (χ1) is 18.9. The average molecular weight is 577 g/mol. The number of aromatic nitrogens is 2. The summed E-state index contributed by atoms with van der Waals surface area (Å²) in [4.78, 5) is 23.7. The molecule has 4 rings (SSSR count). The van der Waals surface area contributed by atoms with Crippen LogP contribution in [0.2, 0.25) is 5.02 Å². The summed E-state index contributed by atoms with van der Waals surface area (Å²) < 4.78 is 10.5. The number of thioether (sulfide) groups is 1. The van der Waals surface area contributed by atoms with Crippen LogP contribution in [0.3, 0.4) is 0 Å². The Morgan fingerprint density at radius 2 is 1.85 bits per heavy atom. The minimum atomic E-state index is -0.509. The van der Waals surface area contributed by atoms with Crippen molar-refractivity contribution in [2.45, 2.75) is 10.8 Å². The van der Waals surface area contributed by atoms with Crippen LogP contribution in [0.1, 0.15) is 11.3 Å². The smallest absolute Gasteiger partial charge is 0.319 e. The van der Waals surface area contributed by atoms with Crippen LogP contribution >= 0.6 is 34.7 Å². The van der Waals surface area contributed by atoms with E-state index in [1.165, 1.54) is 23.1 Å². The van der Waals surface area contributed by atoms with Crippen LogP contribution in [-0.2, 0) is 15.3 Å². The fraction of sp³-hybridized carbons (Fsp3) is 0.148. The molecular weight excluding hydrogens is 556 g/mol. The van der Waals surface area contributed by atoms with Crippen molar-refractivity contribution in [1.29, 1.82) is 5.26 Å². The molecule has 4 N–H and O–H groups in total. The summed E-state index contributed by atoms with van der Waals surface area (Å²) in [6, 6.07) is 16.5. The van der Waals surface area contributed by atoms with Crippen molar-refractivity contribution >= 4 is 52.2 Å². The Morgan fingerprint density at radius 1 is 1.13 bits per heavy atom. The van der Waals surface area contributed by atoms with Crippen LogP contribution in [0, 0.1) is 17.9 Å². The number of anilines is 1. The lowest BCUT2D eigenvalue weighted by Crippen LogP contribution is -2.19. The van der Waals surface area contributed by atoms with Gasteiger partial charge in [-0.1, -0.05) is 47.6 Å². The number of carbonyl (C=O) groups excluding carboxylic acids is 1. The highest BCUT2D eigenvalue weighted by atomic mass is 35.5. The SMILES string of the molecule is [C-]#[N+]c1c(N)nc(SCc2csc(-c3ccc(Cl)cc3)n2)c(C#N)c1-c1ccc(OCCOC(=O)CN)cc1. The van der Waals surface area contributed by atoms with Crippen LogP contribution < -0.4 is 16.2 Å². The second-order valence-corrected chi connectivity index (χ2v) is 10.1. The lowest BCUT2D eigenvalue weighted by Gasteiger charge is -2.14. The number of thiazole rings is 1. The van der Waals surface area contributed by atoms with Gasteiger partial charge in [0.15, 0.2) is 0 Å². The van der Waals surface area contributed by atoms with E-state index in [4.69, 9.17) is 39.1 Å². The maximum absolute atomic E-state index is 11.1. The Hall–Kier alpha value is -4.13. The molecule has 0 aliphatic heterocycles. The van der Waals surface area contributed by atoms with Gasteiger partial charge in [-0.15, -0.1) is 11.3 Å². The third-order valence-electron chi connectivity index (χ3n) is 5.31. The normalized spacial score (nSPS) is 10.5. The number of esters is 1. The molecule has 0 unspecified atom stereocenters. The summed E-state index contributed by atoms with van der Waals surface area (Å²) in [6.45, 7) is 7.68. The number of hydrogen-bond acceptors (Lipinski definition) is 10.